The predicted octanol–water partition coefficient (Wildman–Crippen LogP) is 3.80. The molecule has 0 fully saturated rings. The van der Waals surface area contributed by atoms with Crippen LogP contribution in [0.3, 0.4) is 0 Å². The fraction of sp³-hybridized carbons (Fsp3) is 0.200. The second-order valence-corrected chi connectivity index (χ2v) is 9.44. The Labute approximate surface area is 194 Å². The van der Waals surface area contributed by atoms with Crippen molar-refractivity contribution in [2.45, 2.75) is 19.4 Å². The van der Waals surface area contributed by atoms with Crippen LogP contribution in [-0.4, -0.2) is 33.0 Å². The van der Waals surface area contributed by atoms with Crippen molar-refractivity contribution >= 4 is 33.2 Å². The predicted molar refractivity (Wildman–Crippen MR) is 131 cm³/mol. The molecule has 0 radical (unpaired) electrons. The Morgan fingerprint density at radius 3 is 2.12 bits per heavy atom. The van der Waals surface area contributed by atoms with Gasteiger partial charge in [-0.1, -0.05) is 60.7 Å². The highest BCUT2D eigenvalue weighted by Gasteiger charge is 2.18. The van der Waals surface area contributed by atoms with Crippen LogP contribution in [0.15, 0.2) is 84.9 Å². The largest absolute Gasteiger partial charge is 0.348 e. The van der Waals surface area contributed by atoms with Crippen molar-refractivity contribution < 1.29 is 18.0 Å². The maximum Gasteiger partial charge on any atom is 0.253 e. The second-order valence-electron chi connectivity index (χ2n) is 7.54. The van der Waals surface area contributed by atoms with Crippen LogP contribution >= 0.6 is 0 Å². The van der Waals surface area contributed by atoms with Crippen molar-refractivity contribution in [3.05, 3.63) is 96.1 Å². The molecule has 2 N–H and O–H groups in total. The second kappa shape index (κ2) is 11.3. The monoisotopic (exact) mass is 465 g/mol. The molecule has 0 aliphatic heterocycles. The van der Waals surface area contributed by atoms with Crippen LogP contribution in [0, 0.1) is 0 Å². The van der Waals surface area contributed by atoms with E-state index in [-0.39, 0.29) is 24.8 Å². The molecule has 0 aromatic heterocycles. The van der Waals surface area contributed by atoms with Crippen molar-refractivity contribution in [1.29, 1.82) is 0 Å². The number of amides is 2. The summed E-state index contributed by atoms with van der Waals surface area (Å²) in [5, 5.41) is 5.63. The molecule has 8 heteroatoms. The minimum absolute atomic E-state index is 0.110. The summed E-state index contributed by atoms with van der Waals surface area (Å²) in [5.74, 6) is -0.582. The molecule has 7 nitrogen and oxygen atoms in total. The normalized spacial score (nSPS) is 10.9. The number of benzene rings is 3. The number of rotatable bonds is 10. The molecule has 0 unspecified atom stereocenters. The van der Waals surface area contributed by atoms with Gasteiger partial charge in [-0.2, -0.15) is 0 Å². The highest BCUT2D eigenvalue weighted by atomic mass is 32.2. The minimum Gasteiger partial charge on any atom is -0.348 e. The molecule has 33 heavy (non-hydrogen) atoms. The molecule has 0 atom stereocenters. The van der Waals surface area contributed by atoms with Crippen LogP contribution < -0.4 is 14.9 Å². The standard InChI is InChI=1S/C25H27N3O4S/c1-33(31,32)28(21-13-6-3-7-14-21)18-10-17-24(29)27-23-16-9-8-15-22(23)25(30)26-19-20-11-4-2-5-12-20/h2-9,11-16H,10,17-19H2,1H3,(H,26,30)(H,27,29). The Kier molecular flexibility index (Phi) is 8.21. The third kappa shape index (κ3) is 7.18. The summed E-state index contributed by atoms with van der Waals surface area (Å²) in [6.07, 6.45) is 1.58. The van der Waals surface area contributed by atoms with Crippen molar-refractivity contribution in [2.75, 3.05) is 22.4 Å². The first-order valence-corrected chi connectivity index (χ1v) is 12.4. The third-order valence-electron chi connectivity index (χ3n) is 4.95. The van der Waals surface area contributed by atoms with Gasteiger partial charge in [0.05, 0.1) is 23.2 Å². The van der Waals surface area contributed by atoms with Crippen molar-refractivity contribution in [3.8, 4) is 0 Å². The molecule has 0 aliphatic rings. The van der Waals surface area contributed by atoms with Crippen molar-refractivity contribution in [2.24, 2.45) is 0 Å². The summed E-state index contributed by atoms with van der Waals surface area (Å²) in [7, 11) is -3.47. The lowest BCUT2D eigenvalue weighted by Gasteiger charge is -2.22. The summed E-state index contributed by atoms with van der Waals surface area (Å²) in [6, 6.07) is 25.1. The van der Waals surface area contributed by atoms with E-state index < -0.39 is 10.0 Å². The van der Waals surface area contributed by atoms with Gasteiger partial charge in [-0.05, 0) is 36.2 Å². The molecule has 0 spiro atoms. The van der Waals surface area contributed by atoms with Crippen LogP contribution in [0.1, 0.15) is 28.8 Å². The summed E-state index contributed by atoms with van der Waals surface area (Å²) in [6.45, 7) is 0.554. The molecule has 0 heterocycles. The first-order chi connectivity index (χ1) is 15.8. The lowest BCUT2D eigenvalue weighted by Crippen LogP contribution is -2.31. The summed E-state index contributed by atoms with van der Waals surface area (Å²) >= 11 is 0. The molecular weight excluding hydrogens is 438 g/mol. The van der Waals surface area contributed by atoms with E-state index in [1.165, 1.54) is 4.31 Å². The number of nitrogens with one attached hydrogen (secondary N) is 2. The molecule has 0 aliphatic carbocycles. The van der Waals surface area contributed by atoms with Crippen molar-refractivity contribution in [1.82, 2.24) is 5.32 Å². The van der Waals surface area contributed by atoms with Gasteiger partial charge >= 0.3 is 0 Å². The van der Waals surface area contributed by atoms with Gasteiger partial charge in [0.15, 0.2) is 0 Å². The Bertz CT molecular complexity index is 1180. The number of hydrogen-bond acceptors (Lipinski definition) is 4. The lowest BCUT2D eigenvalue weighted by atomic mass is 10.1. The van der Waals surface area contributed by atoms with Gasteiger partial charge in [0.2, 0.25) is 15.9 Å². The van der Waals surface area contributed by atoms with E-state index in [9.17, 15) is 18.0 Å². The molecule has 172 valence electrons. The molecular formula is C25H27N3O4S. The zero-order valence-electron chi connectivity index (χ0n) is 18.4. The van der Waals surface area contributed by atoms with E-state index in [0.717, 1.165) is 11.8 Å². The van der Waals surface area contributed by atoms with Crippen LogP contribution in [0.25, 0.3) is 0 Å². The van der Waals surface area contributed by atoms with Crippen molar-refractivity contribution in [3.63, 3.8) is 0 Å². The fourth-order valence-electron chi connectivity index (χ4n) is 3.34. The van der Waals surface area contributed by atoms with E-state index in [2.05, 4.69) is 10.6 Å². The number of carbonyl (C=O) groups excluding carboxylic acids is 2. The summed E-state index contributed by atoms with van der Waals surface area (Å²) in [5.41, 5.74) is 2.31. The van der Waals surface area contributed by atoms with Gasteiger partial charge in [-0.15, -0.1) is 0 Å². The van der Waals surface area contributed by atoms with Gasteiger partial charge in [0, 0.05) is 19.5 Å². The maximum atomic E-state index is 12.7. The average Bonchev–Trinajstić information content (AvgIpc) is 2.81. The lowest BCUT2D eigenvalue weighted by molar-refractivity contribution is -0.116. The molecule has 0 saturated carbocycles. The summed E-state index contributed by atoms with van der Waals surface area (Å²) < 4.78 is 25.6. The molecule has 3 aromatic carbocycles. The maximum absolute atomic E-state index is 12.7. The van der Waals surface area contributed by atoms with Gasteiger partial charge in [0.1, 0.15) is 0 Å². The van der Waals surface area contributed by atoms with Gasteiger partial charge in [-0.3, -0.25) is 13.9 Å². The molecule has 3 rings (SSSR count). The number of hydrogen-bond donors (Lipinski definition) is 2. The van der Waals surface area contributed by atoms with Gasteiger partial charge < -0.3 is 10.6 Å². The quantitative estimate of drug-likeness (QED) is 0.476. The first-order valence-electron chi connectivity index (χ1n) is 10.6. The molecule has 0 saturated heterocycles. The number of nitrogens with zero attached hydrogens (tertiary/aromatic N) is 1. The topological polar surface area (TPSA) is 95.6 Å². The first kappa shape index (κ1) is 24.0. The SMILES string of the molecule is CS(=O)(=O)N(CCCC(=O)Nc1ccccc1C(=O)NCc1ccccc1)c1ccccc1. The van der Waals surface area contributed by atoms with E-state index in [1.54, 1.807) is 48.5 Å². The zero-order valence-corrected chi connectivity index (χ0v) is 19.2. The number of carbonyl (C=O) groups is 2. The number of anilines is 2. The minimum atomic E-state index is -3.47. The van der Waals surface area contributed by atoms with E-state index in [0.29, 0.717) is 29.9 Å². The average molecular weight is 466 g/mol. The Morgan fingerprint density at radius 1 is 0.848 bits per heavy atom. The molecule has 0 bridgehead atoms. The number of para-hydroxylation sites is 2. The zero-order chi connectivity index (χ0) is 23.7. The Balaban J connectivity index is 1.57. The third-order valence-corrected chi connectivity index (χ3v) is 6.15. The Morgan fingerprint density at radius 2 is 1.45 bits per heavy atom. The van der Waals surface area contributed by atoms with Gasteiger partial charge in [-0.25, -0.2) is 8.42 Å². The van der Waals surface area contributed by atoms with Gasteiger partial charge in [0.25, 0.3) is 5.91 Å². The van der Waals surface area contributed by atoms with E-state index >= 15 is 0 Å². The number of sulfonamides is 1. The smallest absolute Gasteiger partial charge is 0.253 e. The highest BCUT2D eigenvalue weighted by molar-refractivity contribution is 7.92. The molecule has 2 amide bonds. The van der Waals surface area contributed by atoms with Crippen LogP contribution in [0.4, 0.5) is 11.4 Å². The Hall–Kier alpha value is -3.65. The van der Waals surface area contributed by atoms with E-state index in [4.69, 9.17) is 0 Å². The fourth-order valence-corrected chi connectivity index (χ4v) is 4.31. The highest BCUT2D eigenvalue weighted by Crippen LogP contribution is 2.19. The van der Waals surface area contributed by atoms with E-state index in [1.807, 2.05) is 36.4 Å². The van der Waals surface area contributed by atoms with Crippen LogP contribution in [0.5, 0.6) is 0 Å². The van der Waals surface area contributed by atoms with Crippen LogP contribution in [0.2, 0.25) is 0 Å². The molecule has 3 aromatic rings. The summed E-state index contributed by atoms with van der Waals surface area (Å²) in [4.78, 5) is 25.2. The van der Waals surface area contributed by atoms with Crippen LogP contribution in [-0.2, 0) is 21.4 Å².